The molecule has 8 nitrogen and oxygen atoms in total. The van der Waals surface area contributed by atoms with Gasteiger partial charge in [0, 0.05) is 59.4 Å². The first-order valence-electron chi connectivity index (χ1n) is 9.54. The summed E-state index contributed by atoms with van der Waals surface area (Å²) < 4.78 is 5.96. The zero-order valence-electron chi connectivity index (χ0n) is 15.6. The Balaban J connectivity index is 1.54. The minimum atomic E-state index is -0.148. The minimum absolute atomic E-state index is 0.0988. The van der Waals surface area contributed by atoms with Gasteiger partial charge in [0.2, 0.25) is 11.8 Å². The Bertz CT molecular complexity index is 1260. The SMILES string of the molecule is O=C1CC[C@@H](CCOc2nccc3cc4c(=O)[nH]cc(-c5cn[nH]c5)c4cc23)N1. The van der Waals surface area contributed by atoms with Crippen LogP contribution in [0.15, 0.2) is 47.8 Å². The van der Waals surface area contributed by atoms with Crippen LogP contribution in [0.1, 0.15) is 19.3 Å². The first-order valence-corrected chi connectivity index (χ1v) is 9.54. The normalized spacial score (nSPS) is 16.4. The Morgan fingerprint density at radius 1 is 1.14 bits per heavy atom. The van der Waals surface area contributed by atoms with E-state index in [9.17, 15) is 9.59 Å². The van der Waals surface area contributed by atoms with Gasteiger partial charge in [0.15, 0.2) is 0 Å². The van der Waals surface area contributed by atoms with Gasteiger partial charge in [-0.3, -0.25) is 14.7 Å². The second kappa shape index (κ2) is 7.05. The number of H-pyrrole nitrogens is 2. The number of aromatic nitrogens is 4. The topological polar surface area (TPSA) is 113 Å². The van der Waals surface area contributed by atoms with Crippen molar-refractivity contribution in [2.75, 3.05) is 6.61 Å². The molecule has 0 unspecified atom stereocenters. The summed E-state index contributed by atoms with van der Waals surface area (Å²) in [4.78, 5) is 31.0. The van der Waals surface area contributed by atoms with Gasteiger partial charge in [-0.25, -0.2) is 4.98 Å². The highest BCUT2D eigenvalue weighted by Crippen LogP contribution is 2.32. The third kappa shape index (κ3) is 3.22. The number of carbonyl (C=O) groups excluding carboxylic acids is 1. The Kier molecular flexibility index (Phi) is 4.23. The van der Waals surface area contributed by atoms with Crippen molar-refractivity contribution in [2.45, 2.75) is 25.3 Å². The highest BCUT2D eigenvalue weighted by molar-refractivity contribution is 6.05. The Morgan fingerprint density at radius 3 is 2.86 bits per heavy atom. The van der Waals surface area contributed by atoms with Crippen LogP contribution >= 0.6 is 0 Å². The van der Waals surface area contributed by atoms with Crippen molar-refractivity contribution < 1.29 is 9.53 Å². The molecule has 3 N–H and O–H groups in total. The van der Waals surface area contributed by atoms with Crippen molar-refractivity contribution in [1.29, 1.82) is 0 Å². The Hall–Kier alpha value is -3.68. The van der Waals surface area contributed by atoms with Crippen molar-refractivity contribution in [3.8, 4) is 17.0 Å². The molecular weight excluding hydrogens is 370 g/mol. The van der Waals surface area contributed by atoms with Crippen LogP contribution in [-0.2, 0) is 4.79 Å². The van der Waals surface area contributed by atoms with E-state index in [2.05, 4.69) is 25.5 Å². The van der Waals surface area contributed by atoms with Crippen molar-refractivity contribution >= 4 is 27.5 Å². The van der Waals surface area contributed by atoms with E-state index < -0.39 is 0 Å². The van der Waals surface area contributed by atoms with Gasteiger partial charge < -0.3 is 15.0 Å². The molecule has 4 aromatic rings. The lowest BCUT2D eigenvalue weighted by molar-refractivity contribution is -0.119. The quantitative estimate of drug-likeness (QED) is 0.454. The fourth-order valence-electron chi connectivity index (χ4n) is 3.84. The molecule has 1 atom stereocenters. The van der Waals surface area contributed by atoms with Gasteiger partial charge in [-0.1, -0.05) is 0 Å². The summed E-state index contributed by atoms with van der Waals surface area (Å²) in [5, 5.41) is 12.9. The van der Waals surface area contributed by atoms with Crippen LogP contribution in [0, 0.1) is 0 Å². The standard InChI is InChI=1S/C21H19N5O3/c27-19-2-1-14(26-19)4-6-29-21-15-8-16-17(7-12(15)3-5-22-21)20(28)23-11-18(16)13-9-24-25-10-13/h3,5,7-11,14H,1-2,4,6H2,(H,23,28)(H,24,25)(H,26,27)/t14-/m0/s1. The average Bonchev–Trinajstić information content (AvgIpc) is 3.40. The van der Waals surface area contributed by atoms with E-state index in [4.69, 9.17) is 4.74 Å². The molecule has 146 valence electrons. The van der Waals surface area contributed by atoms with E-state index >= 15 is 0 Å². The highest BCUT2D eigenvalue weighted by atomic mass is 16.5. The van der Waals surface area contributed by atoms with E-state index in [-0.39, 0.29) is 17.5 Å². The van der Waals surface area contributed by atoms with E-state index in [0.717, 1.165) is 40.1 Å². The maximum atomic E-state index is 12.4. The molecule has 1 fully saturated rings. The molecular formula is C21H19N5O3. The van der Waals surface area contributed by atoms with Gasteiger partial charge >= 0.3 is 0 Å². The number of amides is 1. The number of aromatic amines is 2. The van der Waals surface area contributed by atoms with Crippen molar-refractivity contribution in [1.82, 2.24) is 25.5 Å². The zero-order chi connectivity index (χ0) is 19.8. The number of nitrogens with one attached hydrogen (secondary N) is 3. The fourth-order valence-corrected chi connectivity index (χ4v) is 3.84. The number of pyridine rings is 2. The number of carbonyl (C=O) groups is 1. The number of benzene rings is 1. The first kappa shape index (κ1) is 17.4. The van der Waals surface area contributed by atoms with Gasteiger partial charge in [0.25, 0.3) is 5.56 Å². The van der Waals surface area contributed by atoms with Crippen LogP contribution in [0.25, 0.3) is 32.7 Å². The second-order valence-corrected chi connectivity index (χ2v) is 7.19. The Morgan fingerprint density at radius 2 is 2.07 bits per heavy atom. The summed E-state index contributed by atoms with van der Waals surface area (Å²) in [6, 6.07) is 5.83. The summed E-state index contributed by atoms with van der Waals surface area (Å²) in [5.74, 6) is 0.619. The molecule has 0 saturated carbocycles. The molecule has 1 amide bonds. The molecule has 1 aliphatic heterocycles. The molecule has 0 bridgehead atoms. The molecule has 5 rings (SSSR count). The smallest absolute Gasteiger partial charge is 0.255 e. The third-order valence-corrected chi connectivity index (χ3v) is 5.35. The number of hydrogen-bond acceptors (Lipinski definition) is 5. The molecule has 1 saturated heterocycles. The predicted octanol–water partition coefficient (Wildman–Crippen LogP) is 2.51. The molecule has 29 heavy (non-hydrogen) atoms. The number of fused-ring (bicyclic) bond motifs is 2. The summed E-state index contributed by atoms with van der Waals surface area (Å²) in [6.45, 7) is 0.457. The van der Waals surface area contributed by atoms with Gasteiger partial charge in [-0.2, -0.15) is 5.10 Å². The van der Waals surface area contributed by atoms with Gasteiger partial charge in [-0.15, -0.1) is 0 Å². The summed E-state index contributed by atoms with van der Waals surface area (Å²) in [5.41, 5.74) is 1.61. The van der Waals surface area contributed by atoms with Crippen LogP contribution in [0.5, 0.6) is 5.88 Å². The van der Waals surface area contributed by atoms with Crippen LogP contribution in [0.4, 0.5) is 0 Å². The lowest BCUT2D eigenvalue weighted by Crippen LogP contribution is -2.26. The van der Waals surface area contributed by atoms with Crippen LogP contribution in [0.3, 0.4) is 0 Å². The van der Waals surface area contributed by atoms with E-state index in [1.165, 1.54) is 0 Å². The van der Waals surface area contributed by atoms with E-state index in [0.29, 0.717) is 24.3 Å². The monoisotopic (exact) mass is 389 g/mol. The second-order valence-electron chi connectivity index (χ2n) is 7.19. The van der Waals surface area contributed by atoms with Crippen LogP contribution in [0.2, 0.25) is 0 Å². The predicted molar refractivity (Wildman–Crippen MR) is 109 cm³/mol. The zero-order valence-corrected chi connectivity index (χ0v) is 15.6. The molecule has 8 heteroatoms. The summed E-state index contributed by atoms with van der Waals surface area (Å²) >= 11 is 0. The maximum Gasteiger partial charge on any atom is 0.255 e. The molecule has 0 aliphatic carbocycles. The molecule has 1 aromatic carbocycles. The van der Waals surface area contributed by atoms with Gasteiger partial charge in [0.1, 0.15) is 0 Å². The van der Waals surface area contributed by atoms with E-state index in [1.54, 1.807) is 24.8 Å². The minimum Gasteiger partial charge on any atom is -0.477 e. The van der Waals surface area contributed by atoms with Gasteiger partial charge in [0.05, 0.1) is 12.8 Å². The average molecular weight is 389 g/mol. The molecule has 4 heterocycles. The first-order chi connectivity index (χ1) is 14.2. The lowest BCUT2D eigenvalue weighted by Gasteiger charge is -2.13. The van der Waals surface area contributed by atoms with Gasteiger partial charge in [-0.05, 0) is 35.4 Å². The molecule has 0 spiro atoms. The lowest BCUT2D eigenvalue weighted by atomic mass is 10.00. The molecule has 1 aliphatic rings. The number of hydrogen-bond donors (Lipinski definition) is 3. The van der Waals surface area contributed by atoms with Crippen LogP contribution < -0.4 is 15.6 Å². The van der Waals surface area contributed by atoms with E-state index in [1.807, 2.05) is 18.2 Å². The maximum absolute atomic E-state index is 12.4. The molecule has 3 aromatic heterocycles. The summed E-state index contributed by atoms with van der Waals surface area (Å²) in [6.07, 6.45) is 9.02. The van der Waals surface area contributed by atoms with Crippen molar-refractivity contribution in [2.24, 2.45) is 0 Å². The third-order valence-electron chi connectivity index (χ3n) is 5.35. The largest absolute Gasteiger partial charge is 0.477 e. The fraction of sp³-hybridized carbons (Fsp3) is 0.238. The van der Waals surface area contributed by atoms with Crippen molar-refractivity contribution in [3.05, 3.63) is 53.3 Å². The number of rotatable bonds is 5. The summed E-state index contributed by atoms with van der Waals surface area (Å²) in [7, 11) is 0. The molecule has 0 radical (unpaired) electrons. The highest BCUT2D eigenvalue weighted by Gasteiger charge is 2.20. The van der Waals surface area contributed by atoms with Crippen LogP contribution in [-0.4, -0.2) is 38.7 Å². The Labute approximate surface area is 165 Å². The number of nitrogens with zero attached hydrogens (tertiary/aromatic N) is 2. The van der Waals surface area contributed by atoms with Crippen molar-refractivity contribution in [3.63, 3.8) is 0 Å². The number of ether oxygens (including phenoxy) is 1.